The standard InChI is InChI=1S/C32H36Cl2FN5O2/c1-42-28-11-7-8-22(16-28)30(41)37-31(36-27-18-25(34)17-26(35)19-27)38-32(23-9-5-3-2-4-6-10-23)20-29(39-40-32)21-12-14-24(33)15-13-21/h7-8,11-19,23,29,39-40H,2-6,9-10,20H2,1H3,(H2,36,37,38,41). The highest BCUT2D eigenvalue weighted by Gasteiger charge is 2.46. The van der Waals surface area contributed by atoms with Gasteiger partial charge in [-0.25, -0.2) is 15.2 Å². The number of amides is 1. The largest absolute Gasteiger partial charge is 0.497 e. The number of nitrogens with zero attached hydrogens (tertiary/aromatic N) is 1. The quantitative estimate of drug-likeness (QED) is 0.169. The second kappa shape index (κ2) is 13.9. The van der Waals surface area contributed by atoms with Crippen molar-refractivity contribution in [3.05, 3.63) is 93.7 Å². The Morgan fingerprint density at radius 3 is 2.43 bits per heavy atom. The summed E-state index contributed by atoms with van der Waals surface area (Å²) in [5, 5.41) is 7.65. The van der Waals surface area contributed by atoms with Gasteiger partial charge in [0.25, 0.3) is 5.91 Å². The molecular weight excluding hydrogens is 576 g/mol. The van der Waals surface area contributed by atoms with Crippen molar-refractivity contribution >= 4 is 40.8 Å². The average Bonchev–Trinajstić information content (AvgIpc) is 3.37. The predicted octanol–water partition coefficient (Wildman–Crippen LogP) is 7.64. The van der Waals surface area contributed by atoms with E-state index in [2.05, 4.69) is 26.5 Å². The van der Waals surface area contributed by atoms with E-state index >= 15 is 0 Å². The number of methoxy groups -OCH3 is 1. The number of benzene rings is 3. The van der Waals surface area contributed by atoms with E-state index in [0.717, 1.165) is 31.2 Å². The lowest BCUT2D eigenvalue weighted by atomic mass is 9.79. The van der Waals surface area contributed by atoms with E-state index in [9.17, 15) is 9.18 Å². The number of guanidine groups is 1. The second-order valence-electron chi connectivity index (χ2n) is 11.0. The molecule has 0 bridgehead atoms. The van der Waals surface area contributed by atoms with Crippen molar-refractivity contribution in [1.29, 1.82) is 0 Å². The lowest BCUT2D eigenvalue weighted by Gasteiger charge is -2.40. The van der Waals surface area contributed by atoms with Crippen LogP contribution in [0.3, 0.4) is 0 Å². The Kier molecular flexibility index (Phi) is 10.0. The monoisotopic (exact) mass is 611 g/mol. The van der Waals surface area contributed by atoms with E-state index in [-0.39, 0.29) is 22.9 Å². The summed E-state index contributed by atoms with van der Waals surface area (Å²) in [5.41, 5.74) is 8.24. The van der Waals surface area contributed by atoms with Gasteiger partial charge in [-0.15, -0.1) is 0 Å². The zero-order valence-electron chi connectivity index (χ0n) is 23.6. The van der Waals surface area contributed by atoms with Gasteiger partial charge in [0.15, 0.2) is 0 Å². The molecule has 3 aromatic rings. The molecule has 2 fully saturated rings. The number of ether oxygens (including phenoxy) is 1. The van der Waals surface area contributed by atoms with E-state index in [0.29, 0.717) is 28.4 Å². The van der Waals surface area contributed by atoms with Gasteiger partial charge in [-0.2, -0.15) is 4.99 Å². The predicted molar refractivity (Wildman–Crippen MR) is 167 cm³/mol. The van der Waals surface area contributed by atoms with E-state index in [4.69, 9.17) is 27.9 Å². The molecule has 1 aliphatic carbocycles. The molecule has 2 aliphatic rings. The number of hydrogen-bond acceptors (Lipinski definition) is 4. The summed E-state index contributed by atoms with van der Waals surface area (Å²) in [6, 6.07) is 18.8. The molecule has 10 heteroatoms. The zero-order chi connectivity index (χ0) is 29.5. The molecule has 1 aliphatic heterocycles. The van der Waals surface area contributed by atoms with Crippen molar-refractivity contribution in [3.8, 4) is 5.75 Å². The van der Waals surface area contributed by atoms with Gasteiger partial charge in [-0.3, -0.25) is 4.79 Å². The molecule has 2 atom stereocenters. The maximum absolute atomic E-state index is 14.3. The van der Waals surface area contributed by atoms with Crippen molar-refractivity contribution in [3.63, 3.8) is 0 Å². The van der Waals surface area contributed by atoms with Gasteiger partial charge in [0.05, 0.1) is 7.11 Å². The number of nitrogens with one attached hydrogen (secondary N) is 4. The van der Waals surface area contributed by atoms with Crippen LogP contribution in [0.5, 0.6) is 5.75 Å². The number of hydrogen-bond donors (Lipinski definition) is 4. The number of halogens is 3. The highest BCUT2D eigenvalue weighted by atomic mass is 35.5. The fraction of sp³-hybridized carbons (Fsp3) is 0.375. The summed E-state index contributed by atoms with van der Waals surface area (Å²) < 4.78 is 19.6. The number of carbonyl (C=O) groups is 1. The highest BCUT2D eigenvalue weighted by Crippen LogP contribution is 2.39. The SMILES string of the molecule is COc1cccc(C(=O)/N=C(/Nc2cc(F)cc(Cl)c2)NC2(C3CCCCCCC3)CC(c3ccc(Cl)cc3)NN2)c1. The van der Waals surface area contributed by atoms with Gasteiger partial charge in [-0.1, -0.05) is 73.5 Å². The van der Waals surface area contributed by atoms with Crippen molar-refractivity contribution in [1.82, 2.24) is 16.2 Å². The molecule has 1 amide bonds. The fourth-order valence-corrected chi connectivity index (χ4v) is 6.27. The fourth-order valence-electron chi connectivity index (χ4n) is 5.92. The van der Waals surface area contributed by atoms with Gasteiger partial charge >= 0.3 is 0 Å². The third-order valence-electron chi connectivity index (χ3n) is 8.07. The summed E-state index contributed by atoms with van der Waals surface area (Å²) in [5.74, 6) is 0.00481. The molecule has 3 aromatic carbocycles. The summed E-state index contributed by atoms with van der Waals surface area (Å²) in [6.45, 7) is 0. The molecule has 4 N–H and O–H groups in total. The van der Waals surface area contributed by atoms with E-state index < -0.39 is 17.4 Å². The normalized spacial score (nSPS) is 21.8. The summed E-state index contributed by atoms with van der Waals surface area (Å²) in [6.07, 6.45) is 8.56. The number of aliphatic imine (C=N–C) groups is 1. The minimum absolute atomic E-state index is 0.0147. The van der Waals surface area contributed by atoms with E-state index in [1.54, 1.807) is 37.4 Å². The van der Waals surface area contributed by atoms with Crippen LogP contribution >= 0.6 is 23.2 Å². The van der Waals surface area contributed by atoms with Gasteiger partial charge in [0.1, 0.15) is 17.2 Å². The second-order valence-corrected chi connectivity index (χ2v) is 11.9. The smallest absolute Gasteiger partial charge is 0.280 e. The van der Waals surface area contributed by atoms with Crippen LogP contribution in [0.15, 0.2) is 71.7 Å². The van der Waals surface area contributed by atoms with Crippen molar-refractivity contribution in [2.45, 2.75) is 63.1 Å². The van der Waals surface area contributed by atoms with Gasteiger partial charge in [0, 0.05) is 33.8 Å². The van der Waals surface area contributed by atoms with Crippen LogP contribution in [0.1, 0.15) is 73.3 Å². The van der Waals surface area contributed by atoms with Crippen molar-refractivity contribution in [2.75, 3.05) is 12.4 Å². The number of carbonyl (C=O) groups excluding carboxylic acids is 1. The summed E-state index contributed by atoms with van der Waals surface area (Å²) in [7, 11) is 1.55. The maximum Gasteiger partial charge on any atom is 0.280 e. The first kappa shape index (κ1) is 30.3. The third-order valence-corrected chi connectivity index (χ3v) is 8.54. The highest BCUT2D eigenvalue weighted by molar-refractivity contribution is 6.31. The molecule has 0 radical (unpaired) electrons. The Bertz CT molecular complexity index is 1390. The number of rotatable bonds is 6. The maximum atomic E-state index is 14.3. The van der Waals surface area contributed by atoms with Crippen LogP contribution in [0.25, 0.3) is 0 Å². The van der Waals surface area contributed by atoms with Crippen LogP contribution < -0.4 is 26.2 Å². The molecule has 1 heterocycles. The Morgan fingerprint density at radius 2 is 1.71 bits per heavy atom. The van der Waals surface area contributed by atoms with Crippen LogP contribution in [-0.2, 0) is 0 Å². The molecule has 2 unspecified atom stereocenters. The minimum atomic E-state index is -0.654. The summed E-state index contributed by atoms with van der Waals surface area (Å²) >= 11 is 12.3. The first-order chi connectivity index (χ1) is 20.3. The minimum Gasteiger partial charge on any atom is -0.497 e. The molecule has 7 nitrogen and oxygen atoms in total. The van der Waals surface area contributed by atoms with Crippen molar-refractivity contribution < 1.29 is 13.9 Å². The molecule has 1 saturated heterocycles. The molecule has 5 rings (SSSR count). The van der Waals surface area contributed by atoms with Crippen LogP contribution in [0.2, 0.25) is 10.0 Å². The van der Waals surface area contributed by atoms with E-state index in [1.807, 2.05) is 24.3 Å². The molecular formula is C32H36Cl2FN5O2. The molecule has 0 aromatic heterocycles. The van der Waals surface area contributed by atoms with Gasteiger partial charge < -0.3 is 15.4 Å². The number of anilines is 1. The average molecular weight is 613 g/mol. The summed E-state index contributed by atoms with van der Waals surface area (Å²) in [4.78, 5) is 17.9. The molecule has 222 valence electrons. The van der Waals surface area contributed by atoms with Crippen LogP contribution in [0.4, 0.5) is 10.1 Å². The lowest BCUT2D eigenvalue weighted by molar-refractivity contribution is 0.100. The first-order valence-corrected chi connectivity index (χ1v) is 15.2. The lowest BCUT2D eigenvalue weighted by Crippen LogP contribution is -2.63. The van der Waals surface area contributed by atoms with Crippen LogP contribution in [-0.4, -0.2) is 24.6 Å². The molecule has 1 saturated carbocycles. The zero-order valence-corrected chi connectivity index (χ0v) is 25.1. The Balaban J connectivity index is 1.52. The van der Waals surface area contributed by atoms with Crippen molar-refractivity contribution in [2.24, 2.45) is 10.9 Å². The number of hydrazine groups is 1. The Labute approximate surface area is 256 Å². The molecule has 42 heavy (non-hydrogen) atoms. The van der Waals surface area contributed by atoms with Crippen LogP contribution in [0, 0.1) is 11.7 Å². The third kappa shape index (κ3) is 7.61. The topological polar surface area (TPSA) is 86.8 Å². The van der Waals surface area contributed by atoms with Gasteiger partial charge in [-0.05, 0) is 72.9 Å². The molecule has 0 spiro atoms. The first-order valence-electron chi connectivity index (χ1n) is 14.4. The Hall–Kier alpha value is -3.17. The Morgan fingerprint density at radius 1 is 0.976 bits per heavy atom. The van der Waals surface area contributed by atoms with E-state index in [1.165, 1.54) is 31.4 Å². The van der Waals surface area contributed by atoms with Gasteiger partial charge in [0.2, 0.25) is 5.96 Å².